The van der Waals surface area contributed by atoms with E-state index in [9.17, 15) is 13.6 Å². The van der Waals surface area contributed by atoms with Crippen LogP contribution in [0.15, 0.2) is 49.1 Å². The van der Waals surface area contributed by atoms with Crippen LogP contribution in [-0.4, -0.2) is 45.3 Å². The van der Waals surface area contributed by atoms with Gasteiger partial charge in [-0.1, -0.05) is 0 Å². The van der Waals surface area contributed by atoms with E-state index in [2.05, 4.69) is 25.5 Å². The summed E-state index contributed by atoms with van der Waals surface area (Å²) in [5.41, 5.74) is 0.629. The number of amides is 1. The molecule has 0 aliphatic carbocycles. The highest BCUT2D eigenvalue weighted by molar-refractivity contribution is 6.06. The van der Waals surface area contributed by atoms with Crippen molar-refractivity contribution in [3.05, 3.63) is 66.4 Å². The van der Waals surface area contributed by atoms with Crippen molar-refractivity contribution in [2.75, 3.05) is 23.3 Å². The molecule has 8 nitrogen and oxygen atoms in total. The largest absolute Gasteiger partial charge is 0.487 e. The Bertz CT molecular complexity index is 978. The van der Waals surface area contributed by atoms with Gasteiger partial charge in [-0.15, -0.1) is 0 Å². The Morgan fingerprint density at radius 2 is 1.82 bits per heavy atom. The molecule has 0 bridgehead atoms. The lowest BCUT2D eigenvalue weighted by molar-refractivity contribution is 0.102. The Morgan fingerprint density at radius 3 is 2.54 bits per heavy atom. The van der Waals surface area contributed by atoms with Crippen molar-refractivity contribution in [1.29, 1.82) is 0 Å². The van der Waals surface area contributed by atoms with Gasteiger partial charge >= 0.3 is 0 Å². The number of anilines is 2. The molecule has 28 heavy (non-hydrogen) atoms. The Morgan fingerprint density at radius 1 is 1.07 bits per heavy atom. The summed E-state index contributed by atoms with van der Waals surface area (Å²) in [7, 11) is 0. The normalized spacial score (nSPS) is 13.7. The number of ether oxygens (including phenoxy) is 1. The topological polar surface area (TPSA) is 93.1 Å². The number of nitrogens with one attached hydrogen (secondary N) is 1. The fourth-order valence-electron chi connectivity index (χ4n) is 2.75. The third-order valence-corrected chi connectivity index (χ3v) is 4.02. The zero-order chi connectivity index (χ0) is 19.5. The van der Waals surface area contributed by atoms with Crippen LogP contribution in [-0.2, 0) is 0 Å². The van der Waals surface area contributed by atoms with E-state index in [4.69, 9.17) is 4.74 Å². The van der Waals surface area contributed by atoms with Crippen LogP contribution in [0.25, 0.3) is 0 Å². The van der Waals surface area contributed by atoms with Crippen molar-refractivity contribution < 1.29 is 18.3 Å². The third kappa shape index (κ3) is 3.85. The lowest BCUT2D eigenvalue weighted by Gasteiger charge is -2.40. The maximum atomic E-state index is 13.3. The molecule has 0 radical (unpaired) electrons. The average Bonchev–Trinajstić information content (AvgIpc) is 2.64. The van der Waals surface area contributed by atoms with Crippen LogP contribution in [0.4, 0.5) is 20.3 Å². The second kappa shape index (κ2) is 7.51. The van der Waals surface area contributed by atoms with Gasteiger partial charge in [-0.25, -0.2) is 18.7 Å². The van der Waals surface area contributed by atoms with E-state index in [1.54, 1.807) is 11.0 Å². The predicted molar refractivity (Wildman–Crippen MR) is 95.0 cm³/mol. The Hall–Kier alpha value is -3.69. The summed E-state index contributed by atoms with van der Waals surface area (Å²) < 4.78 is 32.1. The van der Waals surface area contributed by atoms with E-state index in [-0.39, 0.29) is 17.5 Å². The first-order chi connectivity index (χ1) is 13.6. The minimum Gasteiger partial charge on any atom is -0.487 e. The SMILES string of the molecule is O=C(Nc1ccnnc1)c1nccnc1N1CC(Oc2cc(F)cc(F)c2)C1. The molecular formula is C18H14F2N6O2. The quantitative estimate of drug-likeness (QED) is 0.720. The van der Waals surface area contributed by atoms with Gasteiger partial charge in [0.2, 0.25) is 0 Å². The smallest absolute Gasteiger partial charge is 0.278 e. The van der Waals surface area contributed by atoms with Crippen LogP contribution in [0.1, 0.15) is 10.5 Å². The van der Waals surface area contributed by atoms with Gasteiger partial charge in [0, 0.05) is 30.6 Å². The molecule has 0 unspecified atom stereocenters. The number of hydrogen-bond acceptors (Lipinski definition) is 7. The highest BCUT2D eigenvalue weighted by atomic mass is 19.1. The predicted octanol–water partition coefficient (Wildman–Crippen LogP) is 2.06. The molecule has 0 spiro atoms. The Labute approximate surface area is 158 Å². The second-order valence-corrected chi connectivity index (χ2v) is 6.06. The third-order valence-electron chi connectivity index (χ3n) is 4.02. The van der Waals surface area contributed by atoms with Crippen molar-refractivity contribution in [2.24, 2.45) is 0 Å². The molecule has 1 aliphatic heterocycles. The zero-order valence-electron chi connectivity index (χ0n) is 14.4. The first kappa shape index (κ1) is 17.7. The molecule has 3 heterocycles. The van der Waals surface area contributed by atoms with Crippen LogP contribution < -0.4 is 15.0 Å². The molecule has 2 aromatic heterocycles. The lowest BCUT2D eigenvalue weighted by Crippen LogP contribution is -2.54. The van der Waals surface area contributed by atoms with Gasteiger partial charge in [-0.3, -0.25) is 4.79 Å². The first-order valence-electron chi connectivity index (χ1n) is 8.35. The number of benzene rings is 1. The molecule has 1 amide bonds. The number of carbonyl (C=O) groups is 1. The minimum atomic E-state index is -0.704. The van der Waals surface area contributed by atoms with Gasteiger partial charge in [0.05, 0.1) is 31.2 Å². The van der Waals surface area contributed by atoms with Crippen molar-refractivity contribution in [3.8, 4) is 5.75 Å². The summed E-state index contributed by atoms with van der Waals surface area (Å²) in [6.45, 7) is 0.793. The standard InChI is InChI=1S/C18H14F2N6O2/c19-11-5-12(20)7-14(6-11)28-15-9-26(10-15)17-16(21-3-4-22-17)18(27)25-13-1-2-23-24-8-13/h1-8,15H,9-10H2,(H,23,25,27). The molecule has 10 heteroatoms. The van der Waals surface area contributed by atoms with Crippen LogP contribution in [0.3, 0.4) is 0 Å². The Balaban J connectivity index is 1.43. The van der Waals surface area contributed by atoms with E-state index in [0.29, 0.717) is 24.6 Å². The summed E-state index contributed by atoms with van der Waals surface area (Å²) in [5.74, 6) is -1.33. The number of halogens is 2. The molecule has 1 saturated heterocycles. The summed E-state index contributed by atoms with van der Waals surface area (Å²) in [5, 5.41) is 10.0. The monoisotopic (exact) mass is 384 g/mol. The molecule has 0 saturated carbocycles. The van der Waals surface area contributed by atoms with Crippen LogP contribution in [0, 0.1) is 11.6 Å². The first-order valence-corrected chi connectivity index (χ1v) is 8.35. The number of aromatic nitrogens is 4. The molecular weight excluding hydrogens is 370 g/mol. The number of carbonyl (C=O) groups excluding carboxylic acids is 1. The molecule has 1 N–H and O–H groups in total. The molecule has 4 rings (SSSR count). The highest BCUT2D eigenvalue weighted by Gasteiger charge is 2.33. The number of nitrogens with zero attached hydrogens (tertiary/aromatic N) is 5. The van der Waals surface area contributed by atoms with E-state index in [1.807, 2.05) is 0 Å². The summed E-state index contributed by atoms with van der Waals surface area (Å²) in [4.78, 5) is 22.7. The molecule has 1 aliphatic rings. The van der Waals surface area contributed by atoms with Crippen molar-refractivity contribution in [2.45, 2.75) is 6.10 Å². The van der Waals surface area contributed by atoms with E-state index < -0.39 is 17.5 Å². The van der Waals surface area contributed by atoms with Gasteiger partial charge in [-0.05, 0) is 6.07 Å². The number of rotatable bonds is 5. The number of hydrogen-bond donors (Lipinski definition) is 1. The lowest BCUT2D eigenvalue weighted by atomic mass is 10.1. The maximum absolute atomic E-state index is 13.3. The molecule has 1 aromatic carbocycles. The second-order valence-electron chi connectivity index (χ2n) is 6.06. The molecule has 0 atom stereocenters. The van der Waals surface area contributed by atoms with Crippen LogP contribution in [0.5, 0.6) is 5.75 Å². The summed E-state index contributed by atoms with van der Waals surface area (Å²) in [6.07, 6.45) is 5.49. The zero-order valence-corrected chi connectivity index (χ0v) is 14.4. The van der Waals surface area contributed by atoms with Crippen molar-refractivity contribution in [3.63, 3.8) is 0 Å². The fourth-order valence-corrected chi connectivity index (χ4v) is 2.75. The Kier molecular flexibility index (Phi) is 4.75. The van der Waals surface area contributed by atoms with Gasteiger partial charge in [0.25, 0.3) is 5.91 Å². The summed E-state index contributed by atoms with van der Waals surface area (Å²) >= 11 is 0. The van der Waals surface area contributed by atoms with Gasteiger partial charge < -0.3 is 15.0 Å². The minimum absolute atomic E-state index is 0.115. The summed E-state index contributed by atoms with van der Waals surface area (Å²) in [6, 6.07) is 4.63. The van der Waals surface area contributed by atoms with Crippen molar-refractivity contribution in [1.82, 2.24) is 20.2 Å². The van der Waals surface area contributed by atoms with Gasteiger partial charge in [0.1, 0.15) is 23.5 Å². The molecule has 1 fully saturated rings. The van der Waals surface area contributed by atoms with E-state index in [1.165, 1.54) is 24.8 Å². The van der Waals surface area contributed by atoms with Gasteiger partial charge in [-0.2, -0.15) is 10.2 Å². The highest BCUT2D eigenvalue weighted by Crippen LogP contribution is 2.26. The van der Waals surface area contributed by atoms with E-state index in [0.717, 1.165) is 18.2 Å². The molecule has 3 aromatic rings. The molecule has 142 valence electrons. The maximum Gasteiger partial charge on any atom is 0.278 e. The van der Waals surface area contributed by atoms with E-state index >= 15 is 0 Å². The van der Waals surface area contributed by atoms with Crippen LogP contribution >= 0.6 is 0 Å². The fraction of sp³-hybridized carbons (Fsp3) is 0.167. The van der Waals surface area contributed by atoms with Crippen LogP contribution in [0.2, 0.25) is 0 Å². The average molecular weight is 384 g/mol. The van der Waals surface area contributed by atoms with Gasteiger partial charge in [0.15, 0.2) is 11.5 Å². The van der Waals surface area contributed by atoms with Crippen molar-refractivity contribution >= 4 is 17.4 Å².